The molecule has 96 valence electrons. The zero-order chi connectivity index (χ0) is 13.1. The molecule has 1 aliphatic heterocycles. The zero-order valence-electron chi connectivity index (χ0n) is 10.3. The van der Waals surface area contributed by atoms with E-state index in [0.717, 1.165) is 0 Å². The van der Waals surface area contributed by atoms with Crippen molar-refractivity contribution in [2.75, 3.05) is 13.1 Å². The van der Waals surface area contributed by atoms with Crippen molar-refractivity contribution in [2.24, 2.45) is 16.8 Å². The van der Waals surface area contributed by atoms with E-state index < -0.39 is 5.60 Å². The van der Waals surface area contributed by atoms with Crippen LogP contribution in [0.2, 0.25) is 0 Å². The minimum atomic E-state index is -0.455. The number of hydrogen-bond acceptors (Lipinski definition) is 4. The molecule has 0 aromatic rings. The van der Waals surface area contributed by atoms with Crippen molar-refractivity contribution in [1.29, 1.82) is 0 Å². The highest BCUT2D eigenvalue weighted by Gasteiger charge is 2.32. The Bertz CT molecular complexity index is 332. The number of likely N-dealkylation sites (tertiary alicyclic amines) is 1. The summed E-state index contributed by atoms with van der Waals surface area (Å²) in [6, 6.07) is 0. The normalized spacial score (nSPS) is 16.8. The average molecular weight is 258 g/mol. The van der Waals surface area contributed by atoms with Gasteiger partial charge in [0.2, 0.25) is 0 Å². The summed E-state index contributed by atoms with van der Waals surface area (Å²) in [5.41, 5.74) is 7.22. The second kappa shape index (κ2) is 5.31. The smallest absolute Gasteiger partial charge is 0.410 e. The molecule has 0 bridgehead atoms. The molecular formula is C10H18N4O2S. The van der Waals surface area contributed by atoms with E-state index >= 15 is 0 Å². The summed E-state index contributed by atoms with van der Waals surface area (Å²) in [7, 11) is 0. The molecule has 1 rings (SSSR count). The van der Waals surface area contributed by atoms with Crippen LogP contribution < -0.4 is 11.2 Å². The molecule has 0 atom stereocenters. The molecule has 1 fully saturated rings. The van der Waals surface area contributed by atoms with Gasteiger partial charge in [-0.1, -0.05) is 0 Å². The van der Waals surface area contributed by atoms with E-state index in [4.69, 9.17) is 10.5 Å². The first-order chi connectivity index (χ1) is 7.78. The Balaban J connectivity index is 2.25. The first-order valence-corrected chi connectivity index (χ1v) is 5.75. The van der Waals surface area contributed by atoms with Gasteiger partial charge in [-0.2, -0.15) is 5.10 Å². The fourth-order valence-electron chi connectivity index (χ4n) is 1.29. The third-order valence-electron chi connectivity index (χ3n) is 2.02. The number of hydrazone groups is 1. The number of carbonyl (C=O) groups is 1. The largest absolute Gasteiger partial charge is 0.444 e. The van der Waals surface area contributed by atoms with Crippen LogP contribution in [0.25, 0.3) is 0 Å². The van der Waals surface area contributed by atoms with Crippen LogP contribution in [0.5, 0.6) is 0 Å². The molecule has 1 saturated heterocycles. The maximum Gasteiger partial charge on any atom is 0.410 e. The lowest BCUT2D eigenvalue weighted by Crippen LogP contribution is -2.52. The van der Waals surface area contributed by atoms with Gasteiger partial charge in [-0.15, -0.1) is 0 Å². The second-order valence-electron chi connectivity index (χ2n) is 4.90. The first kappa shape index (κ1) is 13.7. The third-order valence-corrected chi connectivity index (χ3v) is 2.11. The number of amides is 1. The Hall–Kier alpha value is -1.37. The number of nitrogens with zero attached hydrogens (tertiary/aromatic N) is 2. The predicted molar refractivity (Wildman–Crippen MR) is 69.7 cm³/mol. The fourth-order valence-corrected chi connectivity index (χ4v) is 1.34. The van der Waals surface area contributed by atoms with E-state index in [-0.39, 0.29) is 17.1 Å². The van der Waals surface area contributed by atoms with Gasteiger partial charge in [-0.3, -0.25) is 5.43 Å². The highest BCUT2D eigenvalue weighted by atomic mass is 32.1. The summed E-state index contributed by atoms with van der Waals surface area (Å²) in [6.07, 6.45) is 1.41. The van der Waals surface area contributed by atoms with Gasteiger partial charge in [-0.25, -0.2) is 4.79 Å². The second-order valence-corrected chi connectivity index (χ2v) is 5.34. The van der Waals surface area contributed by atoms with Crippen molar-refractivity contribution in [3.63, 3.8) is 0 Å². The van der Waals surface area contributed by atoms with Gasteiger partial charge in [0.1, 0.15) is 5.60 Å². The van der Waals surface area contributed by atoms with Crippen LogP contribution in [-0.2, 0) is 4.74 Å². The Morgan fingerprint density at radius 2 is 2.18 bits per heavy atom. The number of carbonyl (C=O) groups excluding carboxylic acids is 1. The van der Waals surface area contributed by atoms with E-state index in [2.05, 4.69) is 22.7 Å². The molecular weight excluding hydrogens is 240 g/mol. The van der Waals surface area contributed by atoms with Crippen molar-refractivity contribution in [2.45, 2.75) is 26.4 Å². The summed E-state index contributed by atoms with van der Waals surface area (Å²) in [6.45, 7) is 6.75. The number of nitrogens with two attached hydrogens (primary N) is 1. The van der Waals surface area contributed by atoms with Crippen molar-refractivity contribution in [1.82, 2.24) is 10.3 Å². The van der Waals surface area contributed by atoms with Crippen molar-refractivity contribution >= 4 is 29.6 Å². The number of nitrogens with one attached hydrogen (secondary N) is 1. The van der Waals surface area contributed by atoms with Crippen molar-refractivity contribution in [3.05, 3.63) is 0 Å². The van der Waals surface area contributed by atoms with E-state index in [0.29, 0.717) is 13.1 Å². The Kier molecular flexibility index (Phi) is 4.28. The monoisotopic (exact) mass is 258 g/mol. The molecule has 17 heavy (non-hydrogen) atoms. The lowest BCUT2D eigenvalue weighted by Gasteiger charge is -2.37. The van der Waals surface area contributed by atoms with Crippen LogP contribution in [0, 0.1) is 5.92 Å². The summed E-state index contributed by atoms with van der Waals surface area (Å²) in [5, 5.41) is 3.97. The van der Waals surface area contributed by atoms with Crippen molar-refractivity contribution < 1.29 is 9.53 Å². The van der Waals surface area contributed by atoms with E-state index in [1.54, 1.807) is 11.1 Å². The first-order valence-electron chi connectivity index (χ1n) is 5.34. The van der Waals surface area contributed by atoms with Gasteiger partial charge >= 0.3 is 6.09 Å². The van der Waals surface area contributed by atoms with Gasteiger partial charge in [0.15, 0.2) is 5.11 Å². The maximum atomic E-state index is 11.6. The molecule has 0 aliphatic carbocycles. The predicted octanol–water partition coefficient (Wildman–Crippen LogP) is 0.672. The molecule has 0 aromatic carbocycles. The standard InChI is InChI=1S/C10H18N4O2S/c1-10(2,3)16-9(15)14-5-7(6-14)4-12-13-8(11)17/h4,7H,5-6H2,1-3H3,(H3,11,13,17)/b12-4-. The van der Waals surface area contributed by atoms with Crippen LogP contribution in [0.3, 0.4) is 0 Å². The zero-order valence-corrected chi connectivity index (χ0v) is 11.1. The molecule has 3 N–H and O–H groups in total. The van der Waals surface area contributed by atoms with Crippen LogP contribution in [0.1, 0.15) is 20.8 Å². The molecule has 0 radical (unpaired) electrons. The Morgan fingerprint density at radius 1 is 1.59 bits per heavy atom. The highest BCUT2D eigenvalue weighted by molar-refractivity contribution is 7.80. The maximum absolute atomic E-state index is 11.6. The van der Waals surface area contributed by atoms with Gasteiger partial charge in [0.25, 0.3) is 0 Å². The number of ether oxygens (including phenoxy) is 1. The molecule has 0 spiro atoms. The topological polar surface area (TPSA) is 80.0 Å². The summed E-state index contributed by atoms with van der Waals surface area (Å²) in [5.74, 6) is 0.226. The number of hydrogen-bond donors (Lipinski definition) is 2. The molecule has 7 heteroatoms. The molecule has 0 saturated carbocycles. The molecule has 1 amide bonds. The highest BCUT2D eigenvalue weighted by Crippen LogP contribution is 2.17. The Labute approximate surface area is 106 Å². The number of rotatable bonds is 2. The SMILES string of the molecule is CC(C)(C)OC(=O)N1CC(/C=N\NC(N)=S)C1. The van der Waals surface area contributed by atoms with Gasteiger partial charge in [0.05, 0.1) is 0 Å². The van der Waals surface area contributed by atoms with E-state index in [9.17, 15) is 4.79 Å². The van der Waals surface area contributed by atoms with E-state index in [1.807, 2.05) is 20.8 Å². The van der Waals surface area contributed by atoms with Crippen molar-refractivity contribution in [3.8, 4) is 0 Å². The van der Waals surface area contributed by atoms with Gasteiger partial charge in [-0.05, 0) is 33.0 Å². The van der Waals surface area contributed by atoms with Crippen LogP contribution in [0.15, 0.2) is 5.10 Å². The van der Waals surface area contributed by atoms with E-state index in [1.165, 1.54) is 0 Å². The van der Waals surface area contributed by atoms with Crippen LogP contribution in [0.4, 0.5) is 4.79 Å². The number of thiocarbonyl (C=S) groups is 1. The third kappa shape index (κ3) is 4.99. The summed E-state index contributed by atoms with van der Waals surface area (Å²) >= 11 is 4.59. The Morgan fingerprint density at radius 3 is 2.65 bits per heavy atom. The van der Waals surface area contributed by atoms with Gasteiger partial charge in [0, 0.05) is 25.2 Å². The summed E-state index contributed by atoms with van der Waals surface area (Å²) < 4.78 is 5.22. The molecule has 0 unspecified atom stereocenters. The average Bonchev–Trinajstić information content (AvgIpc) is 2.04. The minimum absolute atomic E-state index is 0.129. The molecule has 1 heterocycles. The van der Waals surface area contributed by atoms with Gasteiger partial charge < -0.3 is 15.4 Å². The molecule has 6 nitrogen and oxygen atoms in total. The van der Waals surface area contributed by atoms with Crippen LogP contribution >= 0.6 is 12.2 Å². The molecule has 1 aliphatic rings. The lowest BCUT2D eigenvalue weighted by molar-refractivity contribution is 0.00734. The van der Waals surface area contributed by atoms with Crippen LogP contribution in [-0.4, -0.2) is 41.0 Å². The fraction of sp³-hybridized carbons (Fsp3) is 0.700. The lowest BCUT2D eigenvalue weighted by atomic mass is 10.0. The quantitative estimate of drug-likeness (QED) is 0.432. The molecule has 0 aromatic heterocycles. The summed E-state index contributed by atoms with van der Waals surface area (Å²) in [4.78, 5) is 13.2. The minimum Gasteiger partial charge on any atom is -0.444 e.